The van der Waals surface area contributed by atoms with Crippen molar-refractivity contribution in [1.29, 1.82) is 0 Å². The van der Waals surface area contributed by atoms with Gasteiger partial charge in [0.15, 0.2) is 0 Å². The largest absolute Gasteiger partial charge is 0.466 e. The number of carbonyl (C=O) groups excluding carboxylic acids is 1. The minimum Gasteiger partial charge on any atom is -0.466 e. The Kier molecular flexibility index (Phi) is 10.5. The van der Waals surface area contributed by atoms with Crippen LogP contribution in [0.4, 0.5) is 0 Å². The number of ether oxygens (including phenoxy) is 1. The molecule has 0 bridgehead atoms. The minimum absolute atomic E-state index is 0.117. The zero-order chi connectivity index (χ0) is 12.2. The van der Waals surface area contributed by atoms with Gasteiger partial charge in [-0.05, 0) is 19.8 Å². The lowest BCUT2D eigenvalue weighted by molar-refractivity contribution is -0.146. The molecule has 16 heavy (non-hydrogen) atoms. The van der Waals surface area contributed by atoms with Gasteiger partial charge in [-0.2, -0.15) is 0 Å². The number of unbranched alkanes of at least 4 members (excludes halogenated alkanes) is 2. The highest BCUT2D eigenvalue weighted by Gasteiger charge is 2.15. The molecule has 0 rings (SSSR count). The molecule has 2 nitrogen and oxygen atoms in total. The summed E-state index contributed by atoms with van der Waals surface area (Å²) in [6.07, 6.45) is 9.58. The third-order valence-electron chi connectivity index (χ3n) is 2.22. The fraction of sp³-hybridized carbons (Fsp3) is 0.615. The number of esters is 1. The van der Waals surface area contributed by atoms with Crippen molar-refractivity contribution in [2.24, 2.45) is 5.92 Å². The maximum atomic E-state index is 11.6. The molecule has 0 spiro atoms. The lowest BCUT2D eigenvalue weighted by Gasteiger charge is -2.11. The summed E-state index contributed by atoms with van der Waals surface area (Å²) in [5.74, 6) is -0.243. The molecule has 0 aromatic rings. The molecule has 0 saturated carbocycles. The summed E-state index contributed by atoms with van der Waals surface area (Å²) < 4.78 is 5.02. The molecule has 1 atom stereocenters. The van der Waals surface area contributed by atoms with Crippen molar-refractivity contribution in [2.45, 2.75) is 32.6 Å². The van der Waals surface area contributed by atoms with Crippen LogP contribution in [0.5, 0.6) is 0 Å². The molecular weight excluding hydrogens is 268 g/mol. The summed E-state index contributed by atoms with van der Waals surface area (Å²) in [4.78, 5) is 11.6. The van der Waals surface area contributed by atoms with Gasteiger partial charge < -0.3 is 4.74 Å². The van der Waals surface area contributed by atoms with Crippen molar-refractivity contribution in [3.63, 3.8) is 0 Å². The Labute approximate surface area is 107 Å². The molecule has 0 radical (unpaired) electrons. The second-order valence-electron chi connectivity index (χ2n) is 3.52. The summed E-state index contributed by atoms with van der Waals surface area (Å²) in [5.41, 5.74) is 0. The number of hydrogen-bond acceptors (Lipinski definition) is 2. The zero-order valence-corrected chi connectivity index (χ0v) is 11.5. The summed E-state index contributed by atoms with van der Waals surface area (Å²) in [6, 6.07) is 0. The van der Waals surface area contributed by atoms with Gasteiger partial charge >= 0.3 is 5.97 Å². The summed E-state index contributed by atoms with van der Waals surface area (Å²) in [7, 11) is 0. The minimum atomic E-state index is -0.126. The van der Waals surface area contributed by atoms with E-state index in [1.165, 1.54) is 0 Å². The Balaban J connectivity index is 4.04. The SMILES string of the molecule is C=CC=CC(CCCCCBr)C(=O)OCC. The van der Waals surface area contributed by atoms with Gasteiger partial charge in [-0.15, -0.1) is 0 Å². The topological polar surface area (TPSA) is 26.3 Å². The van der Waals surface area contributed by atoms with Crippen LogP contribution >= 0.6 is 15.9 Å². The number of rotatable bonds is 9. The Bertz CT molecular complexity index is 224. The van der Waals surface area contributed by atoms with Crippen LogP contribution in [0.2, 0.25) is 0 Å². The first-order valence-corrected chi connectivity index (χ1v) is 6.90. The smallest absolute Gasteiger partial charge is 0.312 e. The molecule has 92 valence electrons. The normalized spacial score (nSPS) is 12.6. The fourth-order valence-corrected chi connectivity index (χ4v) is 1.79. The van der Waals surface area contributed by atoms with Gasteiger partial charge in [0, 0.05) is 5.33 Å². The van der Waals surface area contributed by atoms with Crippen LogP contribution in [0.15, 0.2) is 24.8 Å². The van der Waals surface area contributed by atoms with Crippen LogP contribution in [0.1, 0.15) is 32.6 Å². The average molecular weight is 289 g/mol. The molecule has 0 aliphatic heterocycles. The predicted molar refractivity (Wildman–Crippen MR) is 71.7 cm³/mol. The molecule has 0 aromatic heterocycles. The van der Waals surface area contributed by atoms with E-state index in [0.717, 1.165) is 31.0 Å². The lowest BCUT2D eigenvalue weighted by Crippen LogP contribution is -2.15. The van der Waals surface area contributed by atoms with Gasteiger partial charge in [-0.3, -0.25) is 4.79 Å². The first-order valence-electron chi connectivity index (χ1n) is 5.78. The van der Waals surface area contributed by atoms with E-state index in [1.54, 1.807) is 6.08 Å². The molecule has 0 saturated heterocycles. The van der Waals surface area contributed by atoms with Crippen molar-refractivity contribution >= 4 is 21.9 Å². The Hall–Kier alpha value is -0.570. The first kappa shape index (κ1) is 15.4. The standard InChI is InChI=1S/C13H21BrO2/c1-3-5-9-12(13(15)16-4-2)10-7-6-8-11-14/h3,5,9,12H,1,4,6-8,10-11H2,2H3. The van der Waals surface area contributed by atoms with E-state index in [0.29, 0.717) is 6.61 Å². The van der Waals surface area contributed by atoms with Crippen LogP contribution < -0.4 is 0 Å². The average Bonchev–Trinajstić information content (AvgIpc) is 2.28. The number of alkyl halides is 1. The summed E-state index contributed by atoms with van der Waals surface area (Å²) in [6.45, 7) is 5.88. The number of hydrogen-bond donors (Lipinski definition) is 0. The Morgan fingerprint density at radius 1 is 1.44 bits per heavy atom. The second kappa shape index (κ2) is 10.9. The third kappa shape index (κ3) is 7.69. The number of halogens is 1. The quantitative estimate of drug-likeness (QED) is 0.279. The highest BCUT2D eigenvalue weighted by molar-refractivity contribution is 9.09. The molecule has 0 fully saturated rings. The van der Waals surface area contributed by atoms with E-state index < -0.39 is 0 Å². The molecule has 0 N–H and O–H groups in total. The Morgan fingerprint density at radius 2 is 2.19 bits per heavy atom. The van der Waals surface area contributed by atoms with Crippen molar-refractivity contribution in [2.75, 3.05) is 11.9 Å². The molecule has 0 amide bonds. The summed E-state index contributed by atoms with van der Waals surface area (Å²) >= 11 is 3.39. The highest BCUT2D eigenvalue weighted by Crippen LogP contribution is 2.14. The van der Waals surface area contributed by atoms with Crippen LogP contribution in [0.25, 0.3) is 0 Å². The van der Waals surface area contributed by atoms with Gasteiger partial charge in [0.2, 0.25) is 0 Å². The van der Waals surface area contributed by atoms with E-state index in [4.69, 9.17) is 4.74 Å². The number of carbonyl (C=O) groups is 1. The van der Waals surface area contributed by atoms with E-state index in [2.05, 4.69) is 22.5 Å². The third-order valence-corrected chi connectivity index (χ3v) is 2.78. The summed E-state index contributed by atoms with van der Waals surface area (Å²) in [5, 5.41) is 1.03. The maximum Gasteiger partial charge on any atom is 0.312 e. The van der Waals surface area contributed by atoms with Crippen LogP contribution in [-0.2, 0) is 9.53 Å². The van der Waals surface area contributed by atoms with Crippen LogP contribution in [-0.4, -0.2) is 17.9 Å². The lowest BCUT2D eigenvalue weighted by atomic mass is 10.0. The van der Waals surface area contributed by atoms with Crippen molar-refractivity contribution in [1.82, 2.24) is 0 Å². The number of allylic oxidation sites excluding steroid dienone is 2. The molecule has 0 heterocycles. The van der Waals surface area contributed by atoms with E-state index in [1.807, 2.05) is 19.1 Å². The monoisotopic (exact) mass is 288 g/mol. The van der Waals surface area contributed by atoms with E-state index >= 15 is 0 Å². The van der Waals surface area contributed by atoms with Gasteiger partial charge in [-0.25, -0.2) is 0 Å². The van der Waals surface area contributed by atoms with Crippen LogP contribution in [0, 0.1) is 5.92 Å². The van der Waals surface area contributed by atoms with Crippen molar-refractivity contribution < 1.29 is 9.53 Å². The van der Waals surface area contributed by atoms with Gasteiger partial charge in [0.05, 0.1) is 12.5 Å². The van der Waals surface area contributed by atoms with Crippen molar-refractivity contribution in [3.05, 3.63) is 24.8 Å². The van der Waals surface area contributed by atoms with Gasteiger partial charge in [0.25, 0.3) is 0 Å². The molecule has 3 heteroatoms. The molecular formula is C13H21BrO2. The van der Waals surface area contributed by atoms with E-state index in [9.17, 15) is 4.79 Å². The zero-order valence-electron chi connectivity index (χ0n) is 9.95. The van der Waals surface area contributed by atoms with Gasteiger partial charge in [-0.1, -0.05) is 53.6 Å². The van der Waals surface area contributed by atoms with Gasteiger partial charge in [0.1, 0.15) is 0 Å². The van der Waals surface area contributed by atoms with Crippen LogP contribution in [0.3, 0.4) is 0 Å². The first-order chi connectivity index (χ1) is 7.76. The molecule has 0 aliphatic rings. The highest BCUT2D eigenvalue weighted by atomic mass is 79.9. The molecule has 0 aliphatic carbocycles. The molecule has 1 unspecified atom stereocenters. The predicted octanol–water partition coefficient (Wildman–Crippen LogP) is 3.86. The second-order valence-corrected chi connectivity index (χ2v) is 4.31. The maximum absolute atomic E-state index is 11.6. The van der Waals surface area contributed by atoms with Crippen molar-refractivity contribution in [3.8, 4) is 0 Å². The fourth-order valence-electron chi connectivity index (χ4n) is 1.39. The molecule has 0 aromatic carbocycles. The Morgan fingerprint density at radius 3 is 2.75 bits per heavy atom. The van der Waals surface area contributed by atoms with E-state index in [-0.39, 0.29) is 11.9 Å².